The van der Waals surface area contributed by atoms with Crippen molar-refractivity contribution in [3.05, 3.63) is 29.8 Å². The zero-order chi connectivity index (χ0) is 12.2. The standard InChI is InChI=1S/C11H15FN2O2/c1-3-11(2,7-15)14-10(16)8-5-4-6-13-9(8)12/h4-6,15H,3,7H2,1-2H3,(H,14,16). The monoisotopic (exact) mass is 226 g/mol. The molecule has 1 aromatic heterocycles. The Morgan fingerprint density at radius 2 is 2.38 bits per heavy atom. The van der Waals surface area contributed by atoms with Crippen LogP contribution in [0.3, 0.4) is 0 Å². The van der Waals surface area contributed by atoms with Gasteiger partial charge in [0.25, 0.3) is 5.91 Å². The third-order valence-corrected chi connectivity index (χ3v) is 2.55. The van der Waals surface area contributed by atoms with E-state index >= 15 is 0 Å². The minimum absolute atomic E-state index is 0.115. The number of aliphatic hydroxyl groups excluding tert-OH is 1. The first-order valence-electron chi connectivity index (χ1n) is 5.06. The van der Waals surface area contributed by atoms with Gasteiger partial charge in [0.15, 0.2) is 0 Å². The summed E-state index contributed by atoms with van der Waals surface area (Å²) in [4.78, 5) is 15.1. The highest BCUT2D eigenvalue weighted by Crippen LogP contribution is 2.10. The Balaban J connectivity index is 2.84. The van der Waals surface area contributed by atoms with Crippen molar-refractivity contribution in [2.75, 3.05) is 6.61 Å². The van der Waals surface area contributed by atoms with Gasteiger partial charge < -0.3 is 10.4 Å². The fourth-order valence-electron chi connectivity index (χ4n) is 1.14. The van der Waals surface area contributed by atoms with E-state index in [0.29, 0.717) is 6.42 Å². The van der Waals surface area contributed by atoms with E-state index in [4.69, 9.17) is 5.11 Å². The molecule has 0 radical (unpaired) electrons. The predicted molar refractivity (Wildman–Crippen MR) is 57.4 cm³/mol. The molecule has 1 unspecified atom stereocenters. The van der Waals surface area contributed by atoms with Crippen LogP contribution in [-0.4, -0.2) is 28.1 Å². The van der Waals surface area contributed by atoms with Crippen LogP contribution in [0.5, 0.6) is 0 Å². The van der Waals surface area contributed by atoms with Crippen LogP contribution in [-0.2, 0) is 0 Å². The summed E-state index contributed by atoms with van der Waals surface area (Å²) in [7, 11) is 0. The molecular formula is C11H15FN2O2. The lowest BCUT2D eigenvalue weighted by Crippen LogP contribution is -2.48. The Kier molecular flexibility index (Phi) is 3.95. The molecule has 2 N–H and O–H groups in total. The Hall–Kier alpha value is -1.49. The summed E-state index contributed by atoms with van der Waals surface area (Å²) in [5, 5.41) is 11.7. The molecule has 88 valence electrons. The highest BCUT2D eigenvalue weighted by atomic mass is 19.1. The number of carbonyl (C=O) groups is 1. The van der Waals surface area contributed by atoms with Gasteiger partial charge in [0.1, 0.15) is 0 Å². The summed E-state index contributed by atoms with van der Waals surface area (Å²) in [6.45, 7) is 3.33. The molecular weight excluding hydrogens is 211 g/mol. The summed E-state index contributed by atoms with van der Waals surface area (Å²) in [5.74, 6) is -1.37. The van der Waals surface area contributed by atoms with Crippen LogP contribution in [0.4, 0.5) is 4.39 Å². The van der Waals surface area contributed by atoms with Gasteiger partial charge in [-0.2, -0.15) is 4.39 Å². The minimum atomic E-state index is -0.809. The molecule has 1 heterocycles. The van der Waals surface area contributed by atoms with Gasteiger partial charge in [-0.25, -0.2) is 4.98 Å². The number of hydrogen-bond acceptors (Lipinski definition) is 3. The molecule has 0 aromatic carbocycles. The summed E-state index contributed by atoms with van der Waals surface area (Å²) < 4.78 is 13.2. The Bertz CT molecular complexity index is 378. The summed E-state index contributed by atoms with van der Waals surface area (Å²) in [5.41, 5.74) is -0.852. The van der Waals surface area contributed by atoms with Crippen LogP contribution >= 0.6 is 0 Å². The van der Waals surface area contributed by atoms with Crippen molar-refractivity contribution in [2.45, 2.75) is 25.8 Å². The molecule has 5 heteroatoms. The first-order chi connectivity index (χ1) is 7.52. The van der Waals surface area contributed by atoms with E-state index in [-0.39, 0.29) is 12.2 Å². The van der Waals surface area contributed by atoms with Crippen molar-refractivity contribution in [1.82, 2.24) is 10.3 Å². The van der Waals surface area contributed by atoms with Crippen molar-refractivity contribution in [2.24, 2.45) is 0 Å². The van der Waals surface area contributed by atoms with Gasteiger partial charge in [-0.15, -0.1) is 0 Å². The van der Waals surface area contributed by atoms with Gasteiger partial charge in [-0.1, -0.05) is 6.92 Å². The van der Waals surface area contributed by atoms with Crippen LogP contribution in [0.25, 0.3) is 0 Å². The average Bonchev–Trinajstić information content (AvgIpc) is 2.29. The number of amides is 1. The second-order valence-electron chi connectivity index (χ2n) is 3.87. The van der Waals surface area contributed by atoms with Gasteiger partial charge in [0.2, 0.25) is 5.95 Å². The van der Waals surface area contributed by atoms with Gasteiger partial charge in [-0.05, 0) is 25.5 Å². The van der Waals surface area contributed by atoms with Crippen LogP contribution in [0.2, 0.25) is 0 Å². The van der Waals surface area contributed by atoms with Crippen LogP contribution in [0.1, 0.15) is 30.6 Å². The zero-order valence-electron chi connectivity index (χ0n) is 9.33. The number of pyridine rings is 1. The average molecular weight is 226 g/mol. The molecule has 0 aliphatic heterocycles. The predicted octanol–water partition coefficient (Wildman–Crippen LogP) is 1.11. The molecule has 1 amide bonds. The highest BCUT2D eigenvalue weighted by molar-refractivity contribution is 5.94. The lowest BCUT2D eigenvalue weighted by Gasteiger charge is -2.27. The molecule has 1 atom stereocenters. The van der Waals surface area contributed by atoms with Crippen LogP contribution in [0, 0.1) is 5.95 Å². The molecule has 0 bridgehead atoms. The van der Waals surface area contributed by atoms with Gasteiger partial charge in [-0.3, -0.25) is 4.79 Å². The van der Waals surface area contributed by atoms with Gasteiger partial charge in [0.05, 0.1) is 17.7 Å². The van der Waals surface area contributed by atoms with E-state index in [1.807, 2.05) is 6.92 Å². The molecule has 0 aliphatic carbocycles. The number of nitrogens with zero attached hydrogens (tertiary/aromatic N) is 1. The Labute approximate surface area is 93.5 Å². The smallest absolute Gasteiger partial charge is 0.256 e. The van der Waals surface area contributed by atoms with E-state index in [9.17, 15) is 9.18 Å². The van der Waals surface area contributed by atoms with Gasteiger partial charge >= 0.3 is 0 Å². The van der Waals surface area contributed by atoms with E-state index in [0.717, 1.165) is 0 Å². The molecule has 1 rings (SSSR count). The second-order valence-corrected chi connectivity index (χ2v) is 3.87. The SMILES string of the molecule is CCC(C)(CO)NC(=O)c1cccnc1F. The lowest BCUT2D eigenvalue weighted by molar-refractivity contribution is 0.0842. The summed E-state index contributed by atoms with van der Waals surface area (Å²) in [6.07, 6.45) is 1.83. The maximum absolute atomic E-state index is 13.2. The van der Waals surface area contributed by atoms with Crippen LogP contribution in [0.15, 0.2) is 18.3 Å². The Morgan fingerprint density at radius 1 is 1.69 bits per heavy atom. The fourth-order valence-corrected chi connectivity index (χ4v) is 1.14. The maximum atomic E-state index is 13.2. The zero-order valence-corrected chi connectivity index (χ0v) is 9.33. The molecule has 1 aromatic rings. The van der Waals surface area contributed by atoms with E-state index in [2.05, 4.69) is 10.3 Å². The largest absolute Gasteiger partial charge is 0.394 e. The topological polar surface area (TPSA) is 62.2 Å². The number of rotatable bonds is 4. The summed E-state index contributed by atoms with van der Waals surface area (Å²) >= 11 is 0. The fraction of sp³-hybridized carbons (Fsp3) is 0.455. The van der Waals surface area contributed by atoms with Crippen LogP contribution < -0.4 is 5.32 Å². The van der Waals surface area contributed by atoms with E-state index < -0.39 is 17.4 Å². The van der Waals surface area contributed by atoms with E-state index in [1.165, 1.54) is 18.3 Å². The lowest BCUT2D eigenvalue weighted by atomic mass is 10.00. The highest BCUT2D eigenvalue weighted by Gasteiger charge is 2.25. The molecule has 0 saturated carbocycles. The number of hydrogen-bond donors (Lipinski definition) is 2. The summed E-state index contributed by atoms with van der Waals surface area (Å²) in [6, 6.07) is 2.84. The number of aliphatic hydroxyl groups is 1. The van der Waals surface area contributed by atoms with Crippen molar-refractivity contribution < 1.29 is 14.3 Å². The number of nitrogens with one attached hydrogen (secondary N) is 1. The quantitative estimate of drug-likeness (QED) is 0.756. The molecule has 16 heavy (non-hydrogen) atoms. The van der Waals surface area contributed by atoms with Crippen molar-refractivity contribution in [3.63, 3.8) is 0 Å². The van der Waals surface area contributed by atoms with Gasteiger partial charge in [0, 0.05) is 6.20 Å². The minimum Gasteiger partial charge on any atom is -0.394 e. The molecule has 0 aliphatic rings. The molecule has 4 nitrogen and oxygen atoms in total. The number of aromatic nitrogens is 1. The second kappa shape index (κ2) is 5.03. The normalized spacial score (nSPS) is 14.2. The van der Waals surface area contributed by atoms with Crippen molar-refractivity contribution in [3.8, 4) is 0 Å². The molecule has 0 saturated heterocycles. The number of halogens is 1. The maximum Gasteiger partial charge on any atom is 0.256 e. The van der Waals surface area contributed by atoms with Crippen molar-refractivity contribution >= 4 is 5.91 Å². The van der Waals surface area contributed by atoms with E-state index in [1.54, 1.807) is 6.92 Å². The third-order valence-electron chi connectivity index (χ3n) is 2.55. The molecule has 0 fully saturated rings. The first-order valence-corrected chi connectivity index (χ1v) is 5.06. The van der Waals surface area contributed by atoms with Crippen molar-refractivity contribution in [1.29, 1.82) is 0 Å². The Morgan fingerprint density at radius 3 is 2.88 bits per heavy atom. The number of carbonyl (C=O) groups excluding carboxylic acids is 1. The molecule has 0 spiro atoms. The third kappa shape index (κ3) is 2.76. The first kappa shape index (κ1) is 12.6.